The Balaban J connectivity index is 2.13. The van der Waals surface area contributed by atoms with Crippen molar-refractivity contribution in [1.82, 2.24) is 14.8 Å². The van der Waals surface area contributed by atoms with Gasteiger partial charge in [-0.1, -0.05) is 0 Å². The lowest BCUT2D eigenvalue weighted by Gasteiger charge is -2.00. The Bertz CT molecular complexity index is 719. The number of halogens is 1. The molecule has 4 nitrogen and oxygen atoms in total. The zero-order valence-corrected chi connectivity index (χ0v) is 10.8. The molecule has 0 saturated carbocycles. The normalized spacial score (nSPS) is 10.7. The molecule has 0 N–H and O–H groups in total. The van der Waals surface area contributed by atoms with E-state index < -0.39 is 0 Å². The summed E-state index contributed by atoms with van der Waals surface area (Å²) in [5.41, 5.74) is 3.18. The number of pyridine rings is 1. The van der Waals surface area contributed by atoms with Crippen molar-refractivity contribution < 1.29 is 4.79 Å². The van der Waals surface area contributed by atoms with Crippen LogP contribution in [0.3, 0.4) is 0 Å². The summed E-state index contributed by atoms with van der Waals surface area (Å²) in [6, 6.07) is 9.08. The number of carbonyl (C=O) groups excluding carboxylic acids is 1. The highest BCUT2D eigenvalue weighted by molar-refractivity contribution is 9.10. The molecule has 0 saturated heterocycles. The third-order valence-corrected chi connectivity index (χ3v) is 3.29. The predicted octanol–water partition coefficient (Wildman–Crippen LogP) is 3.00. The van der Waals surface area contributed by atoms with E-state index in [1.165, 1.54) is 0 Å². The number of nitrogens with zero attached hydrogens (tertiary/aromatic N) is 3. The van der Waals surface area contributed by atoms with Gasteiger partial charge in [-0.05, 0) is 46.3 Å². The van der Waals surface area contributed by atoms with Crippen LogP contribution in [0.5, 0.6) is 0 Å². The van der Waals surface area contributed by atoms with Gasteiger partial charge in [0.15, 0.2) is 0 Å². The van der Waals surface area contributed by atoms with E-state index in [-0.39, 0.29) is 0 Å². The first kappa shape index (κ1) is 11.1. The number of carbonyl (C=O) groups is 1. The Morgan fingerprint density at radius 3 is 2.61 bits per heavy atom. The van der Waals surface area contributed by atoms with Crippen molar-refractivity contribution in [3.05, 3.63) is 52.8 Å². The summed E-state index contributed by atoms with van der Waals surface area (Å²) in [6.07, 6.45) is 4.41. The fourth-order valence-electron chi connectivity index (χ4n) is 1.73. The minimum absolute atomic E-state index is 0.648. The topological polar surface area (TPSA) is 47.8 Å². The average Bonchev–Trinajstić information content (AvgIpc) is 2.84. The van der Waals surface area contributed by atoms with Crippen molar-refractivity contribution in [2.45, 2.75) is 0 Å². The van der Waals surface area contributed by atoms with Crippen molar-refractivity contribution in [2.24, 2.45) is 0 Å². The van der Waals surface area contributed by atoms with Crippen LogP contribution in [-0.4, -0.2) is 21.1 Å². The van der Waals surface area contributed by atoms with Gasteiger partial charge in [0.25, 0.3) is 0 Å². The van der Waals surface area contributed by atoms with Gasteiger partial charge in [-0.3, -0.25) is 9.78 Å². The Hall–Kier alpha value is -2.01. The van der Waals surface area contributed by atoms with Gasteiger partial charge >= 0.3 is 0 Å². The molecule has 1 aromatic carbocycles. The van der Waals surface area contributed by atoms with Crippen LogP contribution in [0.25, 0.3) is 16.7 Å². The summed E-state index contributed by atoms with van der Waals surface area (Å²) in [7, 11) is 0. The van der Waals surface area contributed by atoms with Gasteiger partial charge in [0.1, 0.15) is 17.3 Å². The second-order valence-electron chi connectivity index (χ2n) is 3.81. The van der Waals surface area contributed by atoms with Crippen molar-refractivity contribution in [2.75, 3.05) is 0 Å². The first-order chi connectivity index (χ1) is 8.78. The maximum atomic E-state index is 10.6. The molecule has 18 heavy (non-hydrogen) atoms. The van der Waals surface area contributed by atoms with Crippen LogP contribution in [0.1, 0.15) is 10.4 Å². The lowest BCUT2D eigenvalue weighted by Crippen LogP contribution is -1.94. The average molecular weight is 302 g/mol. The number of hydrogen-bond acceptors (Lipinski definition) is 3. The van der Waals surface area contributed by atoms with Gasteiger partial charge in [0.2, 0.25) is 0 Å². The molecular formula is C13H8BrN3O. The van der Waals surface area contributed by atoms with Crippen molar-refractivity contribution in [3.63, 3.8) is 0 Å². The van der Waals surface area contributed by atoms with Gasteiger partial charge in [-0.25, -0.2) is 4.68 Å². The molecule has 88 valence electrons. The fourth-order valence-corrected chi connectivity index (χ4v) is 2.13. The van der Waals surface area contributed by atoms with Gasteiger partial charge < -0.3 is 0 Å². The maximum Gasteiger partial charge on any atom is 0.150 e. The number of fused-ring (bicyclic) bond motifs is 1. The molecule has 2 aromatic heterocycles. The monoisotopic (exact) mass is 301 g/mol. The molecule has 0 aliphatic rings. The van der Waals surface area contributed by atoms with E-state index in [0.29, 0.717) is 5.56 Å². The molecule has 0 aliphatic carbocycles. The number of benzene rings is 1. The summed E-state index contributed by atoms with van der Waals surface area (Å²) >= 11 is 3.44. The first-order valence-corrected chi connectivity index (χ1v) is 6.13. The number of rotatable bonds is 2. The lowest BCUT2D eigenvalue weighted by atomic mass is 10.2. The van der Waals surface area contributed by atoms with Crippen molar-refractivity contribution >= 4 is 33.2 Å². The van der Waals surface area contributed by atoms with E-state index in [1.807, 2.05) is 24.4 Å². The largest absolute Gasteiger partial charge is 0.298 e. The molecule has 0 fully saturated rings. The van der Waals surface area contributed by atoms with Crippen molar-refractivity contribution in [3.8, 4) is 5.69 Å². The highest BCUT2D eigenvalue weighted by atomic mass is 79.9. The molecule has 0 unspecified atom stereocenters. The Kier molecular flexibility index (Phi) is 2.68. The van der Waals surface area contributed by atoms with E-state index in [4.69, 9.17) is 0 Å². The van der Waals surface area contributed by atoms with E-state index in [1.54, 1.807) is 23.0 Å². The van der Waals surface area contributed by atoms with Crippen LogP contribution in [-0.2, 0) is 0 Å². The second-order valence-corrected chi connectivity index (χ2v) is 4.66. The van der Waals surface area contributed by atoms with Gasteiger partial charge in [0, 0.05) is 16.2 Å². The summed E-state index contributed by atoms with van der Waals surface area (Å²) in [4.78, 5) is 14.9. The van der Waals surface area contributed by atoms with Crippen LogP contribution in [0.2, 0.25) is 0 Å². The predicted molar refractivity (Wildman–Crippen MR) is 72.0 cm³/mol. The summed E-state index contributed by atoms with van der Waals surface area (Å²) in [6.45, 7) is 0. The SMILES string of the molecule is O=Cc1ccc(-n2cc3nccc(Br)c3n2)cc1. The third kappa shape index (κ3) is 1.82. The first-order valence-electron chi connectivity index (χ1n) is 5.33. The molecule has 3 rings (SSSR count). The standard InChI is InChI=1S/C13H8BrN3O/c14-11-5-6-15-12-7-17(16-13(11)12)10-3-1-9(8-18)2-4-10/h1-8H. The molecule has 2 heterocycles. The zero-order valence-electron chi connectivity index (χ0n) is 9.25. The molecule has 5 heteroatoms. The molecule has 0 bridgehead atoms. The quantitative estimate of drug-likeness (QED) is 0.684. The maximum absolute atomic E-state index is 10.6. The fraction of sp³-hybridized carbons (Fsp3) is 0. The smallest absolute Gasteiger partial charge is 0.150 e. The van der Waals surface area contributed by atoms with Gasteiger partial charge in [-0.15, -0.1) is 0 Å². The Labute approximate surface area is 111 Å². The second kappa shape index (κ2) is 4.34. The van der Waals surface area contributed by atoms with E-state index in [0.717, 1.165) is 27.5 Å². The minimum atomic E-state index is 0.648. The van der Waals surface area contributed by atoms with Crippen LogP contribution in [0, 0.1) is 0 Å². The highest BCUT2D eigenvalue weighted by Crippen LogP contribution is 2.21. The highest BCUT2D eigenvalue weighted by Gasteiger charge is 2.06. The zero-order chi connectivity index (χ0) is 12.5. The third-order valence-electron chi connectivity index (χ3n) is 2.65. The molecule has 3 aromatic rings. The van der Waals surface area contributed by atoms with Gasteiger partial charge in [-0.2, -0.15) is 5.10 Å². The lowest BCUT2D eigenvalue weighted by molar-refractivity contribution is 0.112. The molecule has 0 aliphatic heterocycles. The molecule has 0 amide bonds. The Morgan fingerprint density at radius 2 is 1.94 bits per heavy atom. The number of aromatic nitrogens is 3. The molecule has 0 spiro atoms. The van der Waals surface area contributed by atoms with Crippen LogP contribution in [0.4, 0.5) is 0 Å². The molecule has 0 atom stereocenters. The van der Waals surface area contributed by atoms with Crippen molar-refractivity contribution in [1.29, 1.82) is 0 Å². The number of hydrogen-bond donors (Lipinski definition) is 0. The summed E-state index contributed by atoms with van der Waals surface area (Å²) in [5.74, 6) is 0. The summed E-state index contributed by atoms with van der Waals surface area (Å²) in [5, 5.41) is 4.46. The summed E-state index contributed by atoms with van der Waals surface area (Å²) < 4.78 is 2.66. The number of aldehydes is 1. The van der Waals surface area contributed by atoms with Gasteiger partial charge in [0.05, 0.1) is 11.9 Å². The molecule has 0 radical (unpaired) electrons. The molecular weight excluding hydrogens is 294 g/mol. The van der Waals surface area contributed by atoms with E-state index in [9.17, 15) is 4.79 Å². The van der Waals surface area contributed by atoms with E-state index >= 15 is 0 Å². The van der Waals surface area contributed by atoms with Crippen LogP contribution < -0.4 is 0 Å². The van der Waals surface area contributed by atoms with Crippen LogP contribution >= 0.6 is 15.9 Å². The van der Waals surface area contributed by atoms with E-state index in [2.05, 4.69) is 26.0 Å². The van der Waals surface area contributed by atoms with Crippen LogP contribution in [0.15, 0.2) is 47.2 Å². The Morgan fingerprint density at radius 1 is 1.17 bits per heavy atom. The minimum Gasteiger partial charge on any atom is -0.298 e.